The topological polar surface area (TPSA) is 30.5 Å². The summed E-state index contributed by atoms with van der Waals surface area (Å²) in [6, 6.07) is 0. The second-order valence-electron chi connectivity index (χ2n) is 5.99. The lowest BCUT2D eigenvalue weighted by Crippen LogP contribution is -2.63. The third-order valence-electron chi connectivity index (χ3n) is 4.21. The number of rotatable bonds is 1. The average molecular weight is 227 g/mol. The zero-order chi connectivity index (χ0) is 11.8. The van der Waals surface area contributed by atoms with Gasteiger partial charge in [0.25, 0.3) is 0 Å². The molecule has 94 valence electrons. The zero-order valence-corrected chi connectivity index (χ0v) is 11.0. The van der Waals surface area contributed by atoms with Crippen LogP contribution in [0, 0.1) is 5.92 Å². The molecule has 3 unspecified atom stereocenters. The summed E-state index contributed by atoms with van der Waals surface area (Å²) < 4.78 is 12.1. The minimum absolute atomic E-state index is 0.00887. The Morgan fingerprint density at radius 2 is 2.06 bits per heavy atom. The standard InChI is InChI=1S/C13H25NO2/c1-10(2)12(4)8-14-9-13(16-12)5-6-15-11(3)7-13/h10-11,14H,5-9H2,1-4H3. The van der Waals surface area contributed by atoms with Crippen LogP contribution < -0.4 is 5.32 Å². The van der Waals surface area contributed by atoms with Gasteiger partial charge < -0.3 is 14.8 Å². The normalized spacial score (nSPS) is 45.2. The summed E-state index contributed by atoms with van der Waals surface area (Å²) >= 11 is 0. The van der Waals surface area contributed by atoms with Gasteiger partial charge in [-0.2, -0.15) is 0 Å². The fraction of sp³-hybridized carbons (Fsp3) is 1.00. The summed E-state index contributed by atoms with van der Waals surface area (Å²) in [5.41, 5.74) is -0.0236. The van der Waals surface area contributed by atoms with Crippen molar-refractivity contribution >= 4 is 0 Å². The molecule has 0 bridgehead atoms. The van der Waals surface area contributed by atoms with Gasteiger partial charge >= 0.3 is 0 Å². The highest BCUT2D eigenvalue weighted by Gasteiger charge is 2.46. The first kappa shape index (κ1) is 12.3. The Morgan fingerprint density at radius 1 is 1.31 bits per heavy atom. The van der Waals surface area contributed by atoms with E-state index in [0.717, 1.165) is 32.5 Å². The lowest BCUT2D eigenvalue weighted by Gasteiger charge is -2.51. The van der Waals surface area contributed by atoms with Crippen molar-refractivity contribution < 1.29 is 9.47 Å². The highest BCUT2D eigenvalue weighted by molar-refractivity contribution is 4.98. The van der Waals surface area contributed by atoms with Crippen molar-refractivity contribution in [3.8, 4) is 0 Å². The Labute approximate surface area is 98.9 Å². The Morgan fingerprint density at radius 3 is 2.69 bits per heavy atom. The van der Waals surface area contributed by atoms with Crippen LogP contribution in [0.2, 0.25) is 0 Å². The molecule has 0 radical (unpaired) electrons. The SMILES string of the molecule is CC1CC2(CCO1)CNCC(C)(C(C)C)O2. The molecule has 3 heteroatoms. The van der Waals surface area contributed by atoms with Crippen LogP contribution in [-0.2, 0) is 9.47 Å². The van der Waals surface area contributed by atoms with Gasteiger partial charge in [0.2, 0.25) is 0 Å². The molecule has 2 aliphatic rings. The van der Waals surface area contributed by atoms with Crippen molar-refractivity contribution in [2.75, 3.05) is 19.7 Å². The van der Waals surface area contributed by atoms with E-state index >= 15 is 0 Å². The minimum atomic E-state index is -0.0324. The second-order valence-corrected chi connectivity index (χ2v) is 5.99. The van der Waals surface area contributed by atoms with E-state index < -0.39 is 0 Å². The van der Waals surface area contributed by atoms with Crippen molar-refractivity contribution in [3.05, 3.63) is 0 Å². The van der Waals surface area contributed by atoms with Crippen LogP contribution in [0.1, 0.15) is 40.5 Å². The van der Waals surface area contributed by atoms with E-state index in [2.05, 4.69) is 33.0 Å². The van der Waals surface area contributed by atoms with Crippen LogP contribution in [-0.4, -0.2) is 37.0 Å². The largest absolute Gasteiger partial charge is 0.378 e. The Hall–Kier alpha value is -0.120. The molecule has 0 aromatic rings. The molecule has 2 rings (SSSR count). The molecule has 2 fully saturated rings. The van der Waals surface area contributed by atoms with Gasteiger partial charge in [0.05, 0.1) is 17.3 Å². The van der Waals surface area contributed by atoms with Gasteiger partial charge in [0.1, 0.15) is 0 Å². The van der Waals surface area contributed by atoms with Crippen molar-refractivity contribution in [3.63, 3.8) is 0 Å². The molecular weight excluding hydrogens is 202 g/mol. The van der Waals surface area contributed by atoms with Crippen LogP contribution in [0.15, 0.2) is 0 Å². The van der Waals surface area contributed by atoms with Crippen LogP contribution in [0.3, 0.4) is 0 Å². The summed E-state index contributed by atoms with van der Waals surface area (Å²) in [5.74, 6) is 0.537. The molecule has 3 atom stereocenters. The van der Waals surface area contributed by atoms with Gasteiger partial charge in [-0.15, -0.1) is 0 Å². The number of morpholine rings is 1. The molecule has 16 heavy (non-hydrogen) atoms. The zero-order valence-electron chi connectivity index (χ0n) is 11.0. The lowest BCUT2D eigenvalue weighted by atomic mass is 9.83. The van der Waals surface area contributed by atoms with Crippen LogP contribution in [0.25, 0.3) is 0 Å². The molecule has 2 saturated heterocycles. The molecule has 2 aliphatic heterocycles. The summed E-state index contributed by atoms with van der Waals surface area (Å²) in [6.45, 7) is 11.6. The fourth-order valence-electron chi connectivity index (χ4n) is 2.81. The maximum Gasteiger partial charge on any atom is 0.0860 e. The van der Waals surface area contributed by atoms with Gasteiger partial charge in [0, 0.05) is 32.5 Å². The first-order valence-electron chi connectivity index (χ1n) is 6.48. The molecule has 0 saturated carbocycles. The first-order valence-corrected chi connectivity index (χ1v) is 6.48. The van der Waals surface area contributed by atoms with E-state index in [1.807, 2.05) is 0 Å². The summed E-state index contributed by atoms with van der Waals surface area (Å²) in [6.07, 6.45) is 2.36. The average Bonchev–Trinajstić information content (AvgIpc) is 2.16. The molecule has 1 N–H and O–H groups in total. The lowest BCUT2D eigenvalue weighted by molar-refractivity contribution is -0.225. The van der Waals surface area contributed by atoms with Crippen LogP contribution in [0.4, 0.5) is 0 Å². The molecule has 0 amide bonds. The van der Waals surface area contributed by atoms with E-state index in [1.54, 1.807) is 0 Å². The van der Waals surface area contributed by atoms with E-state index in [-0.39, 0.29) is 11.2 Å². The number of nitrogens with one attached hydrogen (secondary N) is 1. The summed E-state index contributed by atoms with van der Waals surface area (Å²) in [4.78, 5) is 0. The van der Waals surface area contributed by atoms with E-state index in [0.29, 0.717) is 12.0 Å². The maximum absolute atomic E-state index is 6.49. The van der Waals surface area contributed by atoms with Crippen molar-refractivity contribution in [2.45, 2.75) is 57.8 Å². The van der Waals surface area contributed by atoms with Gasteiger partial charge in [-0.3, -0.25) is 0 Å². The van der Waals surface area contributed by atoms with Crippen molar-refractivity contribution in [1.82, 2.24) is 5.32 Å². The predicted molar refractivity (Wildman–Crippen MR) is 64.6 cm³/mol. The van der Waals surface area contributed by atoms with Gasteiger partial charge in [-0.1, -0.05) is 13.8 Å². The quantitative estimate of drug-likeness (QED) is 0.743. The van der Waals surface area contributed by atoms with Gasteiger partial charge in [-0.25, -0.2) is 0 Å². The third-order valence-corrected chi connectivity index (χ3v) is 4.21. The van der Waals surface area contributed by atoms with Crippen molar-refractivity contribution in [2.24, 2.45) is 5.92 Å². The molecular formula is C13H25NO2. The minimum Gasteiger partial charge on any atom is -0.378 e. The summed E-state index contributed by atoms with van der Waals surface area (Å²) in [5, 5.41) is 3.56. The van der Waals surface area contributed by atoms with E-state index in [4.69, 9.17) is 9.47 Å². The second kappa shape index (κ2) is 4.28. The molecule has 3 nitrogen and oxygen atoms in total. The smallest absolute Gasteiger partial charge is 0.0860 e. The first-order chi connectivity index (χ1) is 7.46. The van der Waals surface area contributed by atoms with E-state index in [1.165, 1.54) is 0 Å². The molecule has 0 aliphatic carbocycles. The fourth-order valence-corrected chi connectivity index (χ4v) is 2.81. The third kappa shape index (κ3) is 2.27. The highest BCUT2D eigenvalue weighted by atomic mass is 16.5. The Kier molecular flexibility index (Phi) is 3.30. The molecule has 2 heterocycles. The van der Waals surface area contributed by atoms with Crippen LogP contribution >= 0.6 is 0 Å². The number of hydrogen-bond acceptors (Lipinski definition) is 3. The number of ether oxygens (including phenoxy) is 2. The van der Waals surface area contributed by atoms with Gasteiger partial charge in [-0.05, 0) is 19.8 Å². The highest BCUT2D eigenvalue weighted by Crippen LogP contribution is 2.37. The summed E-state index contributed by atoms with van der Waals surface area (Å²) in [7, 11) is 0. The van der Waals surface area contributed by atoms with E-state index in [9.17, 15) is 0 Å². The Balaban J connectivity index is 2.10. The van der Waals surface area contributed by atoms with Crippen molar-refractivity contribution in [1.29, 1.82) is 0 Å². The molecule has 1 spiro atoms. The monoisotopic (exact) mass is 227 g/mol. The van der Waals surface area contributed by atoms with Gasteiger partial charge in [0.15, 0.2) is 0 Å². The Bertz CT molecular complexity index is 252. The predicted octanol–water partition coefficient (Wildman–Crippen LogP) is 1.96. The maximum atomic E-state index is 6.49. The molecule has 0 aromatic heterocycles. The van der Waals surface area contributed by atoms with Crippen LogP contribution in [0.5, 0.6) is 0 Å². The molecule has 0 aromatic carbocycles. The number of hydrogen-bond donors (Lipinski definition) is 1.